The van der Waals surface area contributed by atoms with Crippen molar-refractivity contribution in [2.45, 2.75) is 19.9 Å². The van der Waals surface area contributed by atoms with E-state index in [1.165, 1.54) is 44.2 Å². The molecule has 2 amide bonds. The number of carbonyl (C=O) groups is 2. The number of ether oxygens (including phenoxy) is 1. The van der Waals surface area contributed by atoms with Crippen molar-refractivity contribution in [1.29, 1.82) is 0 Å². The smallest absolute Gasteiger partial charge is 0.317 e. The van der Waals surface area contributed by atoms with Gasteiger partial charge in [-0.15, -0.1) is 0 Å². The number of urea groups is 1. The van der Waals surface area contributed by atoms with Gasteiger partial charge in [-0.25, -0.2) is 9.18 Å². The van der Waals surface area contributed by atoms with Gasteiger partial charge < -0.3 is 20.1 Å². The topological polar surface area (TPSA) is 78.9 Å². The predicted molar refractivity (Wildman–Crippen MR) is 79.3 cm³/mol. The maximum Gasteiger partial charge on any atom is 0.317 e. The van der Waals surface area contributed by atoms with E-state index in [0.29, 0.717) is 11.3 Å². The van der Waals surface area contributed by atoms with E-state index in [1.807, 2.05) is 0 Å². The Labute approximate surface area is 128 Å². The second-order valence-electron chi connectivity index (χ2n) is 5.18. The fourth-order valence-electron chi connectivity index (χ4n) is 1.99. The second-order valence-corrected chi connectivity index (χ2v) is 5.18. The van der Waals surface area contributed by atoms with Crippen LogP contribution in [0.4, 0.5) is 9.18 Å². The Balaban J connectivity index is 2.75. The summed E-state index contributed by atoms with van der Waals surface area (Å²) in [4.78, 5) is 24.1. The molecule has 1 aromatic carbocycles. The van der Waals surface area contributed by atoms with Gasteiger partial charge in [0.1, 0.15) is 11.6 Å². The highest BCUT2D eigenvalue weighted by Crippen LogP contribution is 2.25. The van der Waals surface area contributed by atoms with E-state index in [9.17, 15) is 14.0 Å². The number of hydrogen-bond acceptors (Lipinski definition) is 3. The summed E-state index contributed by atoms with van der Waals surface area (Å²) >= 11 is 0. The lowest BCUT2D eigenvalue weighted by atomic mass is 10.1. The molecule has 0 radical (unpaired) electrons. The average molecular weight is 312 g/mol. The maximum absolute atomic E-state index is 13.4. The van der Waals surface area contributed by atoms with E-state index >= 15 is 0 Å². The van der Waals surface area contributed by atoms with Gasteiger partial charge in [0.2, 0.25) is 0 Å². The number of nitrogens with zero attached hydrogens (tertiary/aromatic N) is 1. The first kappa shape index (κ1) is 17.7. The van der Waals surface area contributed by atoms with Gasteiger partial charge in [0.05, 0.1) is 19.1 Å². The van der Waals surface area contributed by atoms with E-state index in [4.69, 9.17) is 9.84 Å². The fraction of sp³-hybridized carbons (Fsp3) is 0.467. The molecule has 0 fully saturated rings. The van der Waals surface area contributed by atoms with Crippen LogP contribution in [0.2, 0.25) is 0 Å². The molecular weight excluding hydrogens is 291 g/mol. The third-order valence-electron chi connectivity index (χ3n) is 3.31. The van der Waals surface area contributed by atoms with Gasteiger partial charge in [0.25, 0.3) is 0 Å². The van der Waals surface area contributed by atoms with Crippen molar-refractivity contribution in [3.05, 3.63) is 29.6 Å². The first-order valence-electron chi connectivity index (χ1n) is 6.84. The van der Waals surface area contributed by atoms with E-state index in [0.717, 1.165) is 0 Å². The minimum Gasteiger partial charge on any atom is -0.496 e. The number of carboxylic acid groups (broad SMARTS) is 1. The molecule has 0 bridgehead atoms. The molecule has 0 heterocycles. The molecule has 122 valence electrons. The minimum absolute atomic E-state index is 0.0776. The molecule has 0 aliphatic heterocycles. The van der Waals surface area contributed by atoms with Crippen molar-refractivity contribution >= 4 is 12.0 Å². The van der Waals surface area contributed by atoms with Gasteiger partial charge in [0.15, 0.2) is 0 Å². The number of methoxy groups -OCH3 is 1. The summed E-state index contributed by atoms with van der Waals surface area (Å²) in [6.07, 6.45) is 0. The van der Waals surface area contributed by atoms with E-state index in [2.05, 4.69) is 5.32 Å². The fourth-order valence-corrected chi connectivity index (χ4v) is 1.99. The summed E-state index contributed by atoms with van der Waals surface area (Å²) in [7, 11) is 2.97. The van der Waals surface area contributed by atoms with Crippen LogP contribution in [0.3, 0.4) is 0 Å². The molecule has 2 N–H and O–H groups in total. The van der Waals surface area contributed by atoms with E-state index in [-0.39, 0.29) is 6.54 Å². The van der Waals surface area contributed by atoms with Crippen molar-refractivity contribution in [3.63, 3.8) is 0 Å². The van der Waals surface area contributed by atoms with Crippen LogP contribution >= 0.6 is 0 Å². The highest BCUT2D eigenvalue weighted by Gasteiger charge is 2.20. The monoisotopic (exact) mass is 312 g/mol. The summed E-state index contributed by atoms with van der Waals surface area (Å²) in [5.41, 5.74) is 0.510. The number of halogens is 1. The van der Waals surface area contributed by atoms with E-state index in [1.54, 1.807) is 6.92 Å². The highest BCUT2D eigenvalue weighted by molar-refractivity contribution is 5.76. The van der Waals surface area contributed by atoms with Crippen molar-refractivity contribution in [2.24, 2.45) is 5.92 Å². The Hall–Kier alpha value is -2.31. The quantitative estimate of drug-likeness (QED) is 0.844. The molecule has 1 rings (SSSR count). The van der Waals surface area contributed by atoms with Gasteiger partial charge in [-0.1, -0.05) is 6.92 Å². The molecule has 2 unspecified atom stereocenters. The zero-order valence-electron chi connectivity index (χ0n) is 13.1. The Morgan fingerprint density at radius 1 is 1.41 bits per heavy atom. The Morgan fingerprint density at radius 2 is 2.05 bits per heavy atom. The molecule has 0 spiro atoms. The van der Waals surface area contributed by atoms with Gasteiger partial charge in [0, 0.05) is 19.2 Å². The Kier molecular flexibility index (Phi) is 6.15. The molecule has 6 nitrogen and oxygen atoms in total. The van der Waals surface area contributed by atoms with Crippen LogP contribution in [0.1, 0.15) is 25.5 Å². The summed E-state index contributed by atoms with van der Waals surface area (Å²) in [5, 5.41) is 11.5. The number of benzene rings is 1. The second kappa shape index (κ2) is 7.63. The lowest BCUT2D eigenvalue weighted by Gasteiger charge is -2.23. The van der Waals surface area contributed by atoms with Crippen molar-refractivity contribution in [2.75, 3.05) is 20.7 Å². The molecule has 22 heavy (non-hydrogen) atoms. The summed E-state index contributed by atoms with van der Waals surface area (Å²) in [5.74, 6) is -1.60. The summed E-state index contributed by atoms with van der Waals surface area (Å²) < 4.78 is 18.5. The van der Waals surface area contributed by atoms with Crippen LogP contribution in [-0.4, -0.2) is 42.7 Å². The Bertz CT molecular complexity index is 550. The normalized spacial score (nSPS) is 13.1. The van der Waals surface area contributed by atoms with Crippen LogP contribution < -0.4 is 10.1 Å². The van der Waals surface area contributed by atoms with Crippen molar-refractivity contribution in [1.82, 2.24) is 10.2 Å². The largest absolute Gasteiger partial charge is 0.496 e. The van der Waals surface area contributed by atoms with Crippen molar-refractivity contribution in [3.8, 4) is 5.75 Å². The zero-order valence-corrected chi connectivity index (χ0v) is 13.1. The number of carboxylic acids is 1. The van der Waals surface area contributed by atoms with Gasteiger partial charge >= 0.3 is 12.0 Å². The number of rotatable bonds is 6. The molecule has 0 aromatic heterocycles. The minimum atomic E-state index is -0.973. The number of amides is 2. The first-order chi connectivity index (χ1) is 10.3. The third-order valence-corrected chi connectivity index (χ3v) is 3.31. The molecule has 0 saturated carbocycles. The summed E-state index contributed by atoms with van der Waals surface area (Å²) in [6, 6.07) is 3.14. The van der Waals surface area contributed by atoms with Crippen LogP contribution in [0.15, 0.2) is 18.2 Å². The average Bonchev–Trinajstić information content (AvgIpc) is 2.46. The molecule has 2 atom stereocenters. The lowest BCUT2D eigenvalue weighted by molar-refractivity contribution is -0.141. The molecule has 0 saturated heterocycles. The van der Waals surface area contributed by atoms with Crippen molar-refractivity contribution < 1.29 is 23.8 Å². The predicted octanol–water partition coefficient (Wildman–Crippen LogP) is 2.26. The van der Waals surface area contributed by atoms with Crippen LogP contribution in [0.5, 0.6) is 5.75 Å². The SMILES string of the molecule is COc1ccc(F)cc1C(C)NC(=O)N(C)CC(C)C(=O)O. The highest BCUT2D eigenvalue weighted by atomic mass is 19.1. The summed E-state index contributed by atoms with van der Waals surface area (Å²) in [6.45, 7) is 3.29. The van der Waals surface area contributed by atoms with E-state index < -0.39 is 29.8 Å². The number of carbonyl (C=O) groups excluding carboxylic acids is 1. The molecule has 1 aromatic rings. The molecule has 0 aliphatic rings. The third kappa shape index (κ3) is 4.61. The lowest BCUT2D eigenvalue weighted by Crippen LogP contribution is -2.41. The standard InChI is InChI=1S/C15H21FN2O4/c1-9(14(19)20)8-18(3)15(21)17-10(2)12-7-11(16)5-6-13(12)22-4/h5-7,9-10H,8H2,1-4H3,(H,17,21)(H,19,20). The Morgan fingerprint density at radius 3 is 2.59 bits per heavy atom. The van der Waals surface area contributed by atoms with Crippen LogP contribution in [-0.2, 0) is 4.79 Å². The number of hydrogen-bond donors (Lipinski definition) is 2. The molecular formula is C15H21FN2O4. The maximum atomic E-state index is 13.4. The number of aliphatic carboxylic acids is 1. The van der Waals surface area contributed by atoms with Gasteiger partial charge in [-0.05, 0) is 25.1 Å². The van der Waals surface area contributed by atoms with Crippen LogP contribution in [0.25, 0.3) is 0 Å². The first-order valence-corrected chi connectivity index (χ1v) is 6.84. The molecule has 0 aliphatic carbocycles. The molecule has 7 heteroatoms. The zero-order chi connectivity index (χ0) is 16.9. The van der Waals surface area contributed by atoms with Gasteiger partial charge in [-0.3, -0.25) is 4.79 Å². The van der Waals surface area contributed by atoms with Gasteiger partial charge in [-0.2, -0.15) is 0 Å². The number of nitrogens with one attached hydrogen (secondary N) is 1. The van der Waals surface area contributed by atoms with Crippen LogP contribution in [0, 0.1) is 11.7 Å².